The van der Waals surface area contributed by atoms with Crippen LogP contribution in [-0.2, 0) is 0 Å². The molecule has 8 heteroatoms. The van der Waals surface area contributed by atoms with E-state index in [0.717, 1.165) is 0 Å². The molecule has 2 N–H and O–H groups in total. The number of carbonyl (C=O) groups excluding carboxylic acids is 1. The Balaban J connectivity index is 1.73. The molecule has 1 heterocycles. The molecule has 4 rings (SSSR count). The number of benzene rings is 3. The minimum Gasteiger partial charge on any atom is -0.493 e. The molecule has 0 unspecified atom stereocenters. The summed E-state index contributed by atoms with van der Waals surface area (Å²) in [6, 6.07) is 17.3. The van der Waals surface area contributed by atoms with Crippen LogP contribution in [0.15, 0.2) is 65.5 Å². The number of methoxy groups -OCH3 is 3. The Hall–Kier alpha value is -4.33. The molecule has 32 heavy (non-hydrogen) atoms. The van der Waals surface area contributed by atoms with Crippen molar-refractivity contribution in [1.29, 1.82) is 0 Å². The molecule has 0 bridgehead atoms. The number of H-pyrrole nitrogens is 1. The first-order valence-corrected chi connectivity index (χ1v) is 9.75. The average molecular weight is 431 g/mol. The third-order valence-corrected chi connectivity index (χ3v) is 4.97. The zero-order valence-corrected chi connectivity index (χ0v) is 17.8. The largest absolute Gasteiger partial charge is 0.493 e. The molecule has 3 aromatic carbocycles. The van der Waals surface area contributed by atoms with Crippen molar-refractivity contribution in [1.82, 2.24) is 9.97 Å². The quantitative estimate of drug-likeness (QED) is 0.481. The van der Waals surface area contributed by atoms with Gasteiger partial charge in [0.25, 0.3) is 11.5 Å². The second kappa shape index (κ2) is 8.81. The van der Waals surface area contributed by atoms with Crippen LogP contribution in [0.3, 0.4) is 0 Å². The number of hydrogen-bond donors (Lipinski definition) is 2. The van der Waals surface area contributed by atoms with Crippen molar-refractivity contribution in [2.45, 2.75) is 0 Å². The number of nitrogens with zero attached hydrogens (tertiary/aromatic N) is 1. The number of aromatic nitrogens is 2. The van der Waals surface area contributed by atoms with Crippen LogP contribution >= 0.6 is 0 Å². The SMILES string of the molecule is COc1cc(C(=O)Nc2ccccc2-c2nc3ccccc3c(=O)[nH]2)cc(OC)c1OC. The van der Waals surface area contributed by atoms with Crippen molar-refractivity contribution < 1.29 is 19.0 Å². The second-order valence-corrected chi connectivity index (χ2v) is 6.85. The fourth-order valence-corrected chi connectivity index (χ4v) is 3.42. The normalized spacial score (nSPS) is 10.6. The van der Waals surface area contributed by atoms with Gasteiger partial charge in [-0.15, -0.1) is 0 Å². The Kier molecular flexibility index (Phi) is 5.76. The zero-order chi connectivity index (χ0) is 22.7. The van der Waals surface area contributed by atoms with E-state index in [1.807, 2.05) is 6.07 Å². The van der Waals surface area contributed by atoms with Crippen molar-refractivity contribution in [2.24, 2.45) is 0 Å². The summed E-state index contributed by atoms with van der Waals surface area (Å²) >= 11 is 0. The van der Waals surface area contributed by atoms with E-state index in [1.165, 1.54) is 21.3 Å². The van der Waals surface area contributed by atoms with Crippen LogP contribution in [0.4, 0.5) is 5.69 Å². The molecule has 0 aliphatic carbocycles. The molecule has 0 saturated heterocycles. The summed E-state index contributed by atoms with van der Waals surface area (Å²) in [5, 5.41) is 3.38. The van der Waals surface area contributed by atoms with Gasteiger partial charge < -0.3 is 24.5 Å². The van der Waals surface area contributed by atoms with Gasteiger partial charge in [-0.2, -0.15) is 0 Å². The first kappa shape index (κ1) is 20.9. The predicted octanol–water partition coefficient (Wildman–Crippen LogP) is 3.87. The molecule has 0 fully saturated rings. The first-order chi connectivity index (χ1) is 15.5. The molecule has 0 aliphatic rings. The fourth-order valence-electron chi connectivity index (χ4n) is 3.42. The highest BCUT2D eigenvalue weighted by molar-refractivity contribution is 6.06. The lowest BCUT2D eigenvalue weighted by Crippen LogP contribution is -2.15. The number of para-hydroxylation sites is 2. The lowest BCUT2D eigenvalue weighted by atomic mass is 10.1. The van der Waals surface area contributed by atoms with E-state index in [9.17, 15) is 9.59 Å². The lowest BCUT2D eigenvalue weighted by molar-refractivity contribution is 0.102. The molecule has 1 aromatic heterocycles. The van der Waals surface area contributed by atoms with Crippen LogP contribution in [-0.4, -0.2) is 37.2 Å². The van der Waals surface area contributed by atoms with Gasteiger partial charge in [0.2, 0.25) is 5.75 Å². The minimum atomic E-state index is -0.389. The van der Waals surface area contributed by atoms with E-state index >= 15 is 0 Å². The molecule has 0 spiro atoms. The van der Waals surface area contributed by atoms with E-state index in [1.54, 1.807) is 54.6 Å². The molecule has 0 saturated carbocycles. The molecule has 162 valence electrons. The van der Waals surface area contributed by atoms with E-state index < -0.39 is 0 Å². The third-order valence-electron chi connectivity index (χ3n) is 4.97. The summed E-state index contributed by atoms with van der Waals surface area (Å²) in [4.78, 5) is 32.9. The van der Waals surface area contributed by atoms with Gasteiger partial charge in [-0.25, -0.2) is 4.98 Å². The Bertz CT molecular complexity index is 1340. The van der Waals surface area contributed by atoms with Gasteiger partial charge in [0.05, 0.1) is 37.9 Å². The first-order valence-electron chi connectivity index (χ1n) is 9.75. The van der Waals surface area contributed by atoms with Crippen LogP contribution in [0.1, 0.15) is 10.4 Å². The third kappa shape index (κ3) is 3.85. The van der Waals surface area contributed by atoms with Gasteiger partial charge in [-0.1, -0.05) is 24.3 Å². The van der Waals surface area contributed by atoms with Gasteiger partial charge in [-0.05, 0) is 36.4 Å². The number of amides is 1. The van der Waals surface area contributed by atoms with Crippen molar-refractivity contribution in [2.75, 3.05) is 26.6 Å². The van der Waals surface area contributed by atoms with Gasteiger partial charge in [-0.3, -0.25) is 9.59 Å². The molecule has 0 atom stereocenters. The molecular formula is C24H21N3O5. The second-order valence-electron chi connectivity index (χ2n) is 6.85. The lowest BCUT2D eigenvalue weighted by Gasteiger charge is -2.15. The van der Waals surface area contributed by atoms with Crippen molar-refractivity contribution in [3.8, 4) is 28.6 Å². The Labute approximate surface area is 183 Å². The highest BCUT2D eigenvalue weighted by Gasteiger charge is 2.18. The molecular weight excluding hydrogens is 410 g/mol. The average Bonchev–Trinajstić information content (AvgIpc) is 2.83. The van der Waals surface area contributed by atoms with E-state index in [2.05, 4.69) is 15.3 Å². The van der Waals surface area contributed by atoms with Crippen LogP contribution in [0.5, 0.6) is 17.2 Å². The molecule has 0 aliphatic heterocycles. The number of anilines is 1. The van der Waals surface area contributed by atoms with Crippen LogP contribution < -0.4 is 25.1 Å². The topological polar surface area (TPSA) is 103 Å². The monoisotopic (exact) mass is 431 g/mol. The van der Waals surface area contributed by atoms with E-state index in [4.69, 9.17) is 14.2 Å². The Morgan fingerprint density at radius 3 is 2.25 bits per heavy atom. The molecule has 8 nitrogen and oxygen atoms in total. The van der Waals surface area contributed by atoms with Crippen LogP contribution in [0.25, 0.3) is 22.3 Å². The van der Waals surface area contributed by atoms with Gasteiger partial charge in [0.1, 0.15) is 5.82 Å². The number of carbonyl (C=O) groups is 1. The minimum absolute atomic E-state index is 0.253. The number of hydrogen-bond acceptors (Lipinski definition) is 6. The Morgan fingerprint density at radius 2 is 1.56 bits per heavy atom. The summed E-state index contributed by atoms with van der Waals surface area (Å²) < 4.78 is 16.0. The van der Waals surface area contributed by atoms with Gasteiger partial charge >= 0.3 is 0 Å². The predicted molar refractivity (Wildman–Crippen MR) is 122 cm³/mol. The maximum Gasteiger partial charge on any atom is 0.259 e. The number of nitrogens with one attached hydrogen (secondary N) is 2. The fraction of sp³-hybridized carbons (Fsp3) is 0.125. The van der Waals surface area contributed by atoms with E-state index in [0.29, 0.717) is 50.8 Å². The standard InChI is InChI=1S/C24H21N3O5/c1-30-19-12-14(13-20(31-2)21(19)32-3)23(28)26-17-10-6-4-8-15(17)22-25-18-11-7-5-9-16(18)24(29)27-22/h4-13H,1-3H3,(H,26,28)(H,25,27,29). The summed E-state index contributed by atoms with van der Waals surface area (Å²) in [6.45, 7) is 0. The van der Waals surface area contributed by atoms with Crippen molar-refractivity contribution >= 4 is 22.5 Å². The smallest absolute Gasteiger partial charge is 0.259 e. The summed E-state index contributed by atoms with van der Waals surface area (Å²) in [7, 11) is 4.46. The maximum absolute atomic E-state index is 13.1. The van der Waals surface area contributed by atoms with Crippen LogP contribution in [0.2, 0.25) is 0 Å². The van der Waals surface area contributed by atoms with Crippen molar-refractivity contribution in [3.05, 3.63) is 76.6 Å². The van der Waals surface area contributed by atoms with E-state index in [-0.39, 0.29) is 11.5 Å². The zero-order valence-electron chi connectivity index (χ0n) is 17.8. The number of fused-ring (bicyclic) bond motifs is 1. The molecule has 0 radical (unpaired) electrons. The summed E-state index contributed by atoms with van der Waals surface area (Å²) in [5.74, 6) is 1.09. The highest BCUT2D eigenvalue weighted by Crippen LogP contribution is 2.38. The van der Waals surface area contributed by atoms with Gasteiger partial charge in [0.15, 0.2) is 11.5 Å². The Morgan fingerprint density at radius 1 is 0.906 bits per heavy atom. The van der Waals surface area contributed by atoms with Crippen LogP contribution in [0, 0.1) is 0 Å². The van der Waals surface area contributed by atoms with Crippen molar-refractivity contribution in [3.63, 3.8) is 0 Å². The molecule has 1 amide bonds. The highest BCUT2D eigenvalue weighted by atomic mass is 16.5. The number of ether oxygens (including phenoxy) is 3. The number of rotatable bonds is 6. The van der Waals surface area contributed by atoms with Gasteiger partial charge in [0, 0.05) is 11.1 Å². The number of aromatic amines is 1. The molecule has 4 aromatic rings. The maximum atomic E-state index is 13.1. The summed E-state index contributed by atoms with van der Waals surface area (Å²) in [6.07, 6.45) is 0. The summed E-state index contributed by atoms with van der Waals surface area (Å²) in [5.41, 5.74) is 1.70.